The predicted molar refractivity (Wildman–Crippen MR) is 80.2 cm³/mol. The Labute approximate surface area is 131 Å². The molecule has 2 aliphatic carbocycles. The maximum Gasteiger partial charge on any atom is 0.248 e. The zero-order chi connectivity index (χ0) is 15.6. The first-order valence-electron chi connectivity index (χ1n) is 7.14. The molecular formula is C16H13ClN2O3. The van der Waals surface area contributed by atoms with Crippen LogP contribution in [0.3, 0.4) is 0 Å². The van der Waals surface area contributed by atoms with Crippen molar-refractivity contribution in [3.63, 3.8) is 0 Å². The Morgan fingerprint density at radius 3 is 2.27 bits per heavy atom. The second-order valence-electron chi connectivity index (χ2n) is 6.04. The molecule has 22 heavy (non-hydrogen) atoms. The van der Waals surface area contributed by atoms with E-state index in [4.69, 9.17) is 17.3 Å². The minimum Gasteiger partial charge on any atom is -0.366 e. The Bertz CT molecular complexity index is 728. The lowest BCUT2D eigenvalue weighted by Crippen LogP contribution is -2.33. The number of primary amides is 1. The van der Waals surface area contributed by atoms with Gasteiger partial charge in [0.05, 0.1) is 22.5 Å². The molecule has 1 aliphatic heterocycles. The van der Waals surface area contributed by atoms with E-state index in [0.717, 1.165) is 11.3 Å². The predicted octanol–water partition coefficient (Wildman–Crippen LogP) is 1.75. The molecule has 1 aromatic rings. The number of rotatable bonds is 2. The Balaban J connectivity index is 1.79. The minimum absolute atomic E-state index is 0.134. The Morgan fingerprint density at radius 2 is 1.73 bits per heavy atom. The van der Waals surface area contributed by atoms with E-state index < -0.39 is 5.91 Å². The van der Waals surface area contributed by atoms with Gasteiger partial charge in [0.15, 0.2) is 0 Å². The Hall–Kier alpha value is -2.14. The van der Waals surface area contributed by atoms with Crippen molar-refractivity contribution >= 4 is 35.0 Å². The first-order valence-corrected chi connectivity index (χ1v) is 7.52. The lowest BCUT2D eigenvalue weighted by atomic mass is 9.85. The summed E-state index contributed by atoms with van der Waals surface area (Å²) in [6.45, 7) is 0. The number of halogens is 1. The van der Waals surface area contributed by atoms with Gasteiger partial charge < -0.3 is 5.73 Å². The lowest BCUT2D eigenvalue weighted by Gasteiger charge is -2.19. The van der Waals surface area contributed by atoms with Crippen molar-refractivity contribution in [2.24, 2.45) is 29.4 Å². The number of nitrogens with two attached hydrogens (primary N) is 1. The smallest absolute Gasteiger partial charge is 0.248 e. The molecule has 2 N–H and O–H groups in total. The monoisotopic (exact) mass is 316 g/mol. The van der Waals surface area contributed by atoms with Crippen LogP contribution in [0.15, 0.2) is 30.4 Å². The fourth-order valence-electron chi connectivity index (χ4n) is 3.98. The van der Waals surface area contributed by atoms with Crippen LogP contribution in [0.4, 0.5) is 5.69 Å². The van der Waals surface area contributed by atoms with Gasteiger partial charge in [0.2, 0.25) is 17.7 Å². The summed E-state index contributed by atoms with van der Waals surface area (Å²) in [4.78, 5) is 37.9. The topological polar surface area (TPSA) is 80.5 Å². The third-order valence-corrected chi connectivity index (χ3v) is 5.26. The zero-order valence-corrected chi connectivity index (χ0v) is 12.3. The lowest BCUT2D eigenvalue weighted by molar-refractivity contribution is -0.123. The number of nitrogens with zero attached hydrogens (tertiary/aromatic N) is 1. The van der Waals surface area contributed by atoms with Crippen LogP contribution in [0.1, 0.15) is 16.8 Å². The van der Waals surface area contributed by atoms with E-state index in [1.54, 1.807) is 0 Å². The van der Waals surface area contributed by atoms with Gasteiger partial charge in [-0.2, -0.15) is 0 Å². The zero-order valence-electron chi connectivity index (χ0n) is 11.5. The Kier molecular flexibility index (Phi) is 2.72. The third-order valence-electron chi connectivity index (χ3n) is 4.94. The average Bonchev–Trinajstić information content (AvgIpc) is 3.14. The molecule has 1 saturated heterocycles. The van der Waals surface area contributed by atoms with Gasteiger partial charge >= 0.3 is 0 Å². The van der Waals surface area contributed by atoms with E-state index in [2.05, 4.69) is 0 Å². The van der Waals surface area contributed by atoms with Crippen LogP contribution >= 0.6 is 11.6 Å². The number of hydrogen-bond donors (Lipinski definition) is 1. The van der Waals surface area contributed by atoms with E-state index in [-0.39, 0.29) is 51.8 Å². The average molecular weight is 317 g/mol. The molecule has 1 aromatic carbocycles. The number of hydrogen-bond acceptors (Lipinski definition) is 3. The molecule has 5 nitrogen and oxygen atoms in total. The number of allylic oxidation sites excluding steroid dienone is 2. The van der Waals surface area contributed by atoms with Crippen LogP contribution in [0, 0.1) is 23.7 Å². The summed E-state index contributed by atoms with van der Waals surface area (Å²) in [5.41, 5.74) is 5.74. The maximum absolute atomic E-state index is 12.7. The van der Waals surface area contributed by atoms with Gasteiger partial charge in [-0.3, -0.25) is 14.4 Å². The molecule has 1 heterocycles. The number of benzene rings is 1. The fraction of sp³-hybridized carbons (Fsp3) is 0.312. The molecule has 2 fully saturated rings. The SMILES string of the molecule is NC(=O)c1ccc(Cl)c(N2C(=O)[C@@H]3[C@H](C2=O)[C@H]2C=C[C@H]3C2)c1. The van der Waals surface area contributed by atoms with E-state index in [1.165, 1.54) is 18.2 Å². The van der Waals surface area contributed by atoms with Gasteiger partial charge in [0.25, 0.3) is 0 Å². The highest BCUT2D eigenvalue weighted by atomic mass is 35.5. The second kappa shape index (κ2) is 4.43. The number of imide groups is 1. The molecule has 112 valence electrons. The highest BCUT2D eigenvalue weighted by Gasteiger charge is 2.59. The van der Waals surface area contributed by atoms with Gasteiger partial charge in [0.1, 0.15) is 0 Å². The number of fused-ring (bicyclic) bond motifs is 5. The molecule has 0 spiro atoms. The van der Waals surface area contributed by atoms with E-state index >= 15 is 0 Å². The van der Waals surface area contributed by atoms with Crippen LogP contribution < -0.4 is 10.6 Å². The standard InChI is InChI=1S/C16H13ClN2O3/c17-10-4-3-9(14(18)20)6-11(10)19-15(21)12-7-1-2-8(5-7)13(12)16(19)22/h1-4,6-8,12-13H,5H2,(H2,18,20)/t7-,8-,12-,13+/m0/s1. The fourth-order valence-corrected chi connectivity index (χ4v) is 4.18. The molecule has 2 bridgehead atoms. The van der Waals surface area contributed by atoms with Gasteiger partial charge in [-0.25, -0.2) is 4.90 Å². The minimum atomic E-state index is -0.626. The maximum atomic E-state index is 12.7. The van der Waals surface area contributed by atoms with Crippen molar-refractivity contribution in [2.75, 3.05) is 4.90 Å². The first-order chi connectivity index (χ1) is 10.5. The van der Waals surface area contributed by atoms with Crippen molar-refractivity contribution in [3.8, 4) is 0 Å². The molecule has 1 saturated carbocycles. The number of carbonyl (C=O) groups is 3. The molecule has 0 unspecified atom stereocenters. The first kappa shape index (κ1) is 13.5. The number of carbonyl (C=O) groups excluding carboxylic acids is 3. The summed E-state index contributed by atoms with van der Waals surface area (Å²) in [7, 11) is 0. The van der Waals surface area contributed by atoms with E-state index in [1.807, 2.05) is 12.2 Å². The van der Waals surface area contributed by atoms with Crippen LogP contribution in [-0.2, 0) is 9.59 Å². The third kappa shape index (κ3) is 1.63. The van der Waals surface area contributed by atoms with Crippen LogP contribution in [0.25, 0.3) is 0 Å². The molecule has 4 rings (SSSR count). The van der Waals surface area contributed by atoms with Crippen LogP contribution in [0.5, 0.6) is 0 Å². The van der Waals surface area contributed by atoms with Gasteiger partial charge in [0, 0.05) is 5.56 Å². The van der Waals surface area contributed by atoms with Crippen LogP contribution in [0.2, 0.25) is 5.02 Å². The summed E-state index contributed by atoms with van der Waals surface area (Å²) >= 11 is 6.14. The second-order valence-corrected chi connectivity index (χ2v) is 6.45. The molecule has 3 aliphatic rings. The molecule has 0 radical (unpaired) electrons. The van der Waals surface area contributed by atoms with E-state index in [9.17, 15) is 14.4 Å². The molecule has 6 heteroatoms. The normalized spacial score (nSPS) is 32.0. The van der Waals surface area contributed by atoms with Crippen molar-refractivity contribution in [2.45, 2.75) is 6.42 Å². The van der Waals surface area contributed by atoms with Crippen molar-refractivity contribution in [1.29, 1.82) is 0 Å². The van der Waals surface area contributed by atoms with E-state index in [0.29, 0.717) is 0 Å². The van der Waals surface area contributed by atoms with Gasteiger partial charge in [-0.1, -0.05) is 23.8 Å². The summed E-state index contributed by atoms with van der Waals surface area (Å²) in [6.07, 6.45) is 4.93. The molecule has 3 amide bonds. The number of anilines is 1. The summed E-state index contributed by atoms with van der Waals surface area (Å²) in [6, 6.07) is 4.38. The van der Waals surface area contributed by atoms with Crippen LogP contribution in [-0.4, -0.2) is 17.7 Å². The summed E-state index contributed by atoms with van der Waals surface area (Å²) in [5, 5.41) is 0.256. The van der Waals surface area contributed by atoms with Crippen molar-refractivity contribution in [3.05, 3.63) is 40.9 Å². The summed E-state index contributed by atoms with van der Waals surface area (Å²) < 4.78 is 0. The molecule has 0 aromatic heterocycles. The van der Waals surface area contributed by atoms with Crippen molar-refractivity contribution < 1.29 is 14.4 Å². The highest BCUT2D eigenvalue weighted by Crippen LogP contribution is 2.53. The number of amides is 3. The van der Waals surface area contributed by atoms with Gasteiger partial charge in [-0.05, 0) is 36.5 Å². The quantitative estimate of drug-likeness (QED) is 0.666. The molecule has 4 atom stereocenters. The van der Waals surface area contributed by atoms with Crippen molar-refractivity contribution in [1.82, 2.24) is 0 Å². The van der Waals surface area contributed by atoms with Gasteiger partial charge in [-0.15, -0.1) is 0 Å². The molecular weight excluding hydrogens is 304 g/mol. The Morgan fingerprint density at radius 1 is 1.14 bits per heavy atom. The largest absolute Gasteiger partial charge is 0.366 e. The highest BCUT2D eigenvalue weighted by molar-refractivity contribution is 6.36. The summed E-state index contributed by atoms with van der Waals surface area (Å²) in [5.74, 6) is -1.40.